The van der Waals surface area contributed by atoms with Crippen LogP contribution in [0.1, 0.15) is 5.56 Å². The molecule has 2 aromatic rings. The van der Waals surface area contributed by atoms with E-state index in [0.717, 1.165) is 16.7 Å². The highest BCUT2D eigenvalue weighted by atomic mass is 35.5. The summed E-state index contributed by atoms with van der Waals surface area (Å²) in [5.41, 5.74) is 1.07. The van der Waals surface area contributed by atoms with Crippen molar-refractivity contribution in [2.75, 3.05) is 26.1 Å². The Morgan fingerprint density at radius 3 is 2.55 bits per heavy atom. The van der Waals surface area contributed by atoms with Gasteiger partial charge in [0.05, 0.1) is 29.8 Å². The average molecular weight is 433 g/mol. The van der Waals surface area contributed by atoms with E-state index in [2.05, 4.69) is 5.32 Å². The molecule has 1 aliphatic rings. The van der Waals surface area contributed by atoms with Crippen molar-refractivity contribution in [3.63, 3.8) is 0 Å². The lowest BCUT2D eigenvalue weighted by Crippen LogP contribution is -2.36. The summed E-state index contributed by atoms with van der Waals surface area (Å²) in [6.45, 7) is -0.404. The lowest BCUT2D eigenvalue weighted by molar-refractivity contribution is -0.127. The number of para-hydroxylation sites is 1. The molecule has 1 N–H and O–H groups in total. The summed E-state index contributed by atoms with van der Waals surface area (Å²) in [7, 11) is 3.03. The molecule has 0 aliphatic carbocycles. The number of hydrogen-bond acceptors (Lipinski definition) is 6. The van der Waals surface area contributed by atoms with Crippen LogP contribution in [0.25, 0.3) is 6.08 Å². The van der Waals surface area contributed by atoms with Crippen LogP contribution < -0.4 is 14.8 Å². The number of ether oxygens (including phenoxy) is 2. The Morgan fingerprint density at radius 2 is 1.86 bits per heavy atom. The molecule has 1 heterocycles. The minimum atomic E-state index is -0.538. The Labute approximate surface area is 176 Å². The van der Waals surface area contributed by atoms with E-state index >= 15 is 0 Å². The van der Waals surface area contributed by atoms with E-state index in [1.165, 1.54) is 14.2 Å². The number of halogens is 1. The van der Waals surface area contributed by atoms with Gasteiger partial charge in [0, 0.05) is 0 Å². The summed E-state index contributed by atoms with van der Waals surface area (Å²) in [6.07, 6.45) is 1.57. The van der Waals surface area contributed by atoms with E-state index in [9.17, 15) is 14.4 Å². The molecule has 0 spiro atoms. The Morgan fingerprint density at radius 1 is 1.14 bits per heavy atom. The van der Waals surface area contributed by atoms with Crippen molar-refractivity contribution in [3.8, 4) is 11.5 Å². The molecule has 0 bridgehead atoms. The maximum Gasteiger partial charge on any atom is 0.294 e. The Bertz CT molecular complexity index is 1010. The quantitative estimate of drug-likeness (QED) is 0.693. The smallest absolute Gasteiger partial charge is 0.294 e. The Balaban J connectivity index is 1.73. The number of carbonyl (C=O) groups excluding carboxylic acids is 3. The molecule has 0 saturated carbocycles. The number of rotatable bonds is 6. The number of thioether (sulfide) groups is 1. The number of carbonyl (C=O) groups is 3. The first-order valence-electron chi connectivity index (χ1n) is 8.44. The molecular weight excluding hydrogens is 416 g/mol. The zero-order valence-electron chi connectivity index (χ0n) is 15.6. The molecule has 1 fully saturated rings. The summed E-state index contributed by atoms with van der Waals surface area (Å²) in [5.74, 6) is -0.00884. The van der Waals surface area contributed by atoms with E-state index < -0.39 is 23.6 Å². The number of methoxy groups -OCH3 is 2. The van der Waals surface area contributed by atoms with Crippen LogP contribution in [0.2, 0.25) is 5.02 Å². The van der Waals surface area contributed by atoms with Crippen molar-refractivity contribution in [3.05, 3.63) is 58.0 Å². The van der Waals surface area contributed by atoms with Crippen LogP contribution in [0.4, 0.5) is 10.5 Å². The first kappa shape index (κ1) is 20.8. The molecule has 2 aromatic carbocycles. The van der Waals surface area contributed by atoms with Crippen LogP contribution in [0.3, 0.4) is 0 Å². The lowest BCUT2D eigenvalue weighted by atomic mass is 10.2. The van der Waals surface area contributed by atoms with Crippen molar-refractivity contribution < 1.29 is 23.9 Å². The molecule has 7 nitrogen and oxygen atoms in total. The topological polar surface area (TPSA) is 84.9 Å². The first-order valence-corrected chi connectivity index (χ1v) is 9.64. The largest absolute Gasteiger partial charge is 0.493 e. The Hall–Kier alpha value is -2.97. The van der Waals surface area contributed by atoms with Gasteiger partial charge in [0.2, 0.25) is 5.91 Å². The third kappa shape index (κ3) is 4.72. The summed E-state index contributed by atoms with van der Waals surface area (Å²) >= 11 is 6.78. The van der Waals surface area contributed by atoms with Crippen molar-refractivity contribution in [1.82, 2.24) is 4.90 Å². The molecule has 0 unspecified atom stereocenters. The highest BCUT2D eigenvalue weighted by Crippen LogP contribution is 2.34. The van der Waals surface area contributed by atoms with Crippen LogP contribution in [0, 0.1) is 0 Å². The van der Waals surface area contributed by atoms with E-state index in [1.807, 2.05) is 0 Å². The predicted molar refractivity (Wildman–Crippen MR) is 112 cm³/mol. The molecule has 3 rings (SSSR count). The van der Waals surface area contributed by atoms with Gasteiger partial charge in [-0.3, -0.25) is 19.3 Å². The second-order valence-electron chi connectivity index (χ2n) is 5.91. The van der Waals surface area contributed by atoms with Gasteiger partial charge in [-0.15, -0.1) is 0 Å². The predicted octanol–water partition coefficient (Wildman–Crippen LogP) is 4.03. The van der Waals surface area contributed by atoms with Crippen molar-refractivity contribution >= 4 is 52.2 Å². The molecule has 1 saturated heterocycles. The normalized spacial score (nSPS) is 15.0. The number of nitrogens with zero attached hydrogens (tertiary/aromatic N) is 1. The standard InChI is InChI=1S/C20H17ClN2O5S/c1-27-15-8-7-12(9-16(15)28-2)10-17-19(25)23(20(26)29-17)11-18(24)22-14-6-4-3-5-13(14)21/h3-10H,11H2,1-2H3,(H,22,24)/b17-10+. The molecule has 9 heteroatoms. The maximum atomic E-state index is 12.6. The SMILES string of the molecule is COc1ccc(/C=C2/SC(=O)N(CC(=O)Nc3ccccc3Cl)C2=O)cc1OC. The summed E-state index contributed by atoms with van der Waals surface area (Å²) in [4.78, 5) is 38.2. The van der Waals surface area contributed by atoms with Crippen molar-refractivity contribution in [2.24, 2.45) is 0 Å². The fourth-order valence-electron chi connectivity index (χ4n) is 2.63. The molecular formula is C20H17ClN2O5S. The minimum Gasteiger partial charge on any atom is -0.493 e. The number of amides is 3. The average Bonchev–Trinajstić information content (AvgIpc) is 2.97. The summed E-state index contributed by atoms with van der Waals surface area (Å²) in [5, 5.41) is 2.44. The number of benzene rings is 2. The van der Waals surface area contributed by atoms with Gasteiger partial charge >= 0.3 is 0 Å². The van der Waals surface area contributed by atoms with Gasteiger partial charge in [-0.25, -0.2) is 0 Å². The third-order valence-corrected chi connectivity index (χ3v) is 5.27. The van der Waals surface area contributed by atoms with Crippen LogP contribution in [-0.2, 0) is 9.59 Å². The molecule has 0 atom stereocenters. The van der Waals surface area contributed by atoms with E-state index in [4.69, 9.17) is 21.1 Å². The maximum absolute atomic E-state index is 12.6. The second kappa shape index (κ2) is 9.02. The number of nitrogens with one attached hydrogen (secondary N) is 1. The Kier molecular flexibility index (Phi) is 6.46. The zero-order valence-corrected chi connectivity index (χ0v) is 17.2. The van der Waals surface area contributed by atoms with Crippen molar-refractivity contribution in [2.45, 2.75) is 0 Å². The van der Waals surface area contributed by atoms with E-state index in [0.29, 0.717) is 27.8 Å². The molecule has 150 valence electrons. The third-order valence-electron chi connectivity index (χ3n) is 4.03. The van der Waals surface area contributed by atoms with Crippen LogP contribution >= 0.6 is 23.4 Å². The van der Waals surface area contributed by atoms with Crippen LogP contribution in [0.15, 0.2) is 47.4 Å². The van der Waals surface area contributed by atoms with Gasteiger partial charge < -0.3 is 14.8 Å². The summed E-state index contributed by atoms with van der Waals surface area (Å²) in [6, 6.07) is 11.8. The van der Waals surface area contributed by atoms with E-state index in [-0.39, 0.29) is 4.91 Å². The molecule has 0 radical (unpaired) electrons. The number of anilines is 1. The second-order valence-corrected chi connectivity index (χ2v) is 7.31. The van der Waals surface area contributed by atoms with Gasteiger partial charge in [0.1, 0.15) is 6.54 Å². The van der Waals surface area contributed by atoms with Gasteiger partial charge in [-0.05, 0) is 47.7 Å². The lowest BCUT2D eigenvalue weighted by Gasteiger charge is -2.13. The monoisotopic (exact) mass is 432 g/mol. The molecule has 0 aromatic heterocycles. The first-order chi connectivity index (χ1) is 13.9. The van der Waals surface area contributed by atoms with Crippen LogP contribution in [0.5, 0.6) is 11.5 Å². The number of hydrogen-bond donors (Lipinski definition) is 1. The van der Waals surface area contributed by atoms with Gasteiger partial charge in [-0.2, -0.15) is 0 Å². The molecule has 29 heavy (non-hydrogen) atoms. The molecule has 3 amide bonds. The van der Waals surface area contributed by atoms with Gasteiger partial charge in [0.15, 0.2) is 11.5 Å². The summed E-state index contributed by atoms with van der Waals surface area (Å²) < 4.78 is 10.4. The number of imide groups is 1. The highest BCUT2D eigenvalue weighted by Gasteiger charge is 2.36. The highest BCUT2D eigenvalue weighted by molar-refractivity contribution is 8.18. The minimum absolute atomic E-state index is 0.216. The zero-order chi connectivity index (χ0) is 21.0. The van der Waals surface area contributed by atoms with Gasteiger partial charge in [-0.1, -0.05) is 29.8 Å². The van der Waals surface area contributed by atoms with Crippen LogP contribution in [-0.4, -0.2) is 42.7 Å². The van der Waals surface area contributed by atoms with E-state index in [1.54, 1.807) is 48.5 Å². The molecule has 1 aliphatic heterocycles. The fraction of sp³-hybridized carbons (Fsp3) is 0.150. The van der Waals surface area contributed by atoms with Crippen molar-refractivity contribution in [1.29, 1.82) is 0 Å². The van der Waals surface area contributed by atoms with Gasteiger partial charge in [0.25, 0.3) is 11.1 Å². The fourth-order valence-corrected chi connectivity index (χ4v) is 3.65.